The van der Waals surface area contributed by atoms with Crippen LogP contribution in [0.15, 0.2) is 109 Å². The molecule has 0 aliphatic carbocycles. The van der Waals surface area contributed by atoms with E-state index in [9.17, 15) is 9.59 Å². The van der Waals surface area contributed by atoms with E-state index in [1.54, 1.807) is 48.5 Å². The van der Waals surface area contributed by atoms with E-state index in [2.05, 4.69) is 10.6 Å². The molecule has 6 nitrogen and oxygen atoms in total. The number of hydrogen-bond acceptors (Lipinski definition) is 4. The lowest BCUT2D eigenvalue weighted by Gasteiger charge is -2.09. The Morgan fingerprint density at radius 1 is 0.486 bits per heavy atom. The highest BCUT2D eigenvalue weighted by Crippen LogP contribution is 2.24. The van der Waals surface area contributed by atoms with E-state index in [-0.39, 0.29) is 24.7 Å². The molecule has 6 heteroatoms. The van der Waals surface area contributed by atoms with Crippen LogP contribution in [-0.2, 0) is 9.59 Å². The summed E-state index contributed by atoms with van der Waals surface area (Å²) in [5.74, 6) is 2.59. The summed E-state index contributed by atoms with van der Waals surface area (Å²) in [5.41, 5.74) is 1.36. The van der Waals surface area contributed by atoms with Crippen molar-refractivity contribution in [2.75, 3.05) is 10.6 Å². The number of hydrogen-bond donors (Lipinski definition) is 2. The van der Waals surface area contributed by atoms with Crippen molar-refractivity contribution in [2.45, 2.75) is 19.3 Å². The van der Waals surface area contributed by atoms with Gasteiger partial charge in [-0.15, -0.1) is 0 Å². The van der Waals surface area contributed by atoms with E-state index in [0.29, 0.717) is 29.3 Å². The van der Waals surface area contributed by atoms with Gasteiger partial charge in [0.15, 0.2) is 0 Å². The van der Waals surface area contributed by atoms with Gasteiger partial charge in [0.05, 0.1) is 0 Å². The first-order valence-corrected chi connectivity index (χ1v) is 11.4. The Balaban J connectivity index is 1.16. The number of amides is 2. The molecule has 0 saturated carbocycles. The molecule has 0 atom stereocenters. The quantitative estimate of drug-likeness (QED) is 0.263. The molecular weight excluding hydrogens is 440 g/mol. The second-order valence-electron chi connectivity index (χ2n) is 7.83. The molecule has 0 unspecified atom stereocenters. The van der Waals surface area contributed by atoms with Crippen LogP contribution >= 0.6 is 0 Å². The number of benzene rings is 4. The first-order chi connectivity index (χ1) is 17.1. The Morgan fingerprint density at radius 3 is 1.20 bits per heavy atom. The summed E-state index contributed by atoms with van der Waals surface area (Å²) in [6.45, 7) is 0. The molecule has 0 aromatic heterocycles. The van der Waals surface area contributed by atoms with Gasteiger partial charge in [-0.05, 0) is 79.2 Å². The molecule has 4 aromatic carbocycles. The maximum absolute atomic E-state index is 12.2. The molecule has 0 fully saturated rings. The van der Waals surface area contributed by atoms with E-state index in [1.807, 2.05) is 60.7 Å². The van der Waals surface area contributed by atoms with Gasteiger partial charge in [-0.1, -0.05) is 36.4 Å². The van der Waals surface area contributed by atoms with Crippen LogP contribution in [0.4, 0.5) is 11.4 Å². The van der Waals surface area contributed by atoms with Crippen molar-refractivity contribution >= 4 is 23.2 Å². The van der Waals surface area contributed by atoms with Gasteiger partial charge in [0.2, 0.25) is 11.8 Å². The lowest BCUT2D eigenvalue weighted by atomic mass is 10.2. The Labute approximate surface area is 204 Å². The third-order valence-electron chi connectivity index (χ3n) is 5.04. The Morgan fingerprint density at radius 2 is 0.829 bits per heavy atom. The zero-order valence-corrected chi connectivity index (χ0v) is 19.1. The molecule has 0 heterocycles. The second kappa shape index (κ2) is 12.0. The summed E-state index contributed by atoms with van der Waals surface area (Å²) in [4.78, 5) is 24.5. The third kappa shape index (κ3) is 7.75. The fourth-order valence-corrected chi connectivity index (χ4v) is 3.32. The molecular formula is C29H26N2O4. The molecule has 0 spiro atoms. The van der Waals surface area contributed by atoms with Gasteiger partial charge in [-0.25, -0.2) is 0 Å². The fourth-order valence-electron chi connectivity index (χ4n) is 3.32. The largest absolute Gasteiger partial charge is 0.457 e. The minimum absolute atomic E-state index is 0.142. The Bertz CT molecular complexity index is 1130. The van der Waals surface area contributed by atoms with Crippen molar-refractivity contribution in [3.63, 3.8) is 0 Å². The van der Waals surface area contributed by atoms with Gasteiger partial charge in [0.1, 0.15) is 23.0 Å². The maximum atomic E-state index is 12.2. The number of anilines is 2. The van der Waals surface area contributed by atoms with Crippen LogP contribution in [0.25, 0.3) is 0 Å². The Kier molecular flexibility index (Phi) is 8.11. The number of carbonyl (C=O) groups excluding carboxylic acids is 2. The van der Waals surface area contributed by atoms with Crippen LogP contribution in [0.5, 0.6) is 23.0 Å². The predicted molar refractivity (Wildman–Crippen MR) is 137 cm³/mol. The number of rotatable bonds is 10. The standard InChI is InChI=1S/C29H26N2O4/c32-28(30-22-14-18-26(19-15-22)34-24-8-3-1-4-9-24)12-7-13-29(33)31-23-16-20-27(21-17-23)35-25-10-5-2-6-11-25/h1-6,8-11,14-21H,7,12-13H2,(H,30,32)(H,31,33). The van der Waals surface area contributed by atoms with Gasteiger partial charge in [-0.2, -0.15) is 0 Å². The molecule has 4 rings (SSSR count). The monoisotopic (exact) mass is 466 g/mol. The zero-order valence-electron chi connectivity index (χ0n) is 19.1. The third-order valence-corrected chi connectivity index (χ3v) is 5.04. The van der Waals surface area contributed by atoms with E-state index in [0.717, 1.165) is 11.5 Å². The topological polar surface area (TPSA) is 76.7 Å². The SMILES string of the molecule is O=C(CCCC(=O)Nc1ccc(Oc2ccccc2)cc1)Nc1ccc(Oc2ccccc2)cc1. The summed E-state index contributed by atoms with van der Waals surface area (Å²) in [6, 6.07) is 33.3. The number of ether oxygens (including phenoxy) is 2. The van der Waals surface area contributed by atoms with Gasteiger partial charge in [0.25, 0.3) is 0 Å². The number of carbonyl (C=O) groups is 2. The second-order valence-corrected chi connectivity index (χ2v) is 7.83. The fraction of sp³-hybridized carbons (Fsp3) is 0.103. The van der Waals surface area contributed by atoms with Crippen LogP contribution in [0, 0.1) is 0 Å². The van der Waals surface area contributed by atoms with Crippen molar-refractivity contribution in [1.29, 1.82) is 0 Å². The summed E-state index contributed by atoms with van der Waals surface area (Å²) in [5, 5.41) is 5.68. The average Bonchev–Trinajstić information content (AvgIpc) is 2.88. The van der Waals surface area contributed by atoms with Gasteiger partial charge >= 0.3 is 0 Å². The first-order valence-electron chi connectivity index (χ1n) is 11.4. The maximum Gasteiger partial charge on any atom is 0.224 e. The zero-order chi connectivity index (χ0) is 24.3. The highest BCUT2D eigenvalue weighted by atomic mass is 16.5. The summed E-state index contributed by atoms with van der Waals surface area (Å²) >= 11 is 0. The van der Waals surface area contributed by atoms with E-state index in [4.69, 9.17) is 9.47 Å². The van der Waals surface area contributed by atoms with Crippen LogP contribution in [0.1, 0.15) is 19.3 Å². The highest BCUT2D eigenvalue weighted by molar-refractivity contribution is 5.93. The first kappa shape index (κ1) is 23.6. The van der Waals surface area contributed by atoms with Crippen LogP contribution in [0.3, 0.4) is 0 Å². The summed E-state index contributed by atoms with van der Waals surface area (Å²) in [6.07, 6.45) is 0.946. The molecule has 35 heavy (non-hydrogen) atoms. The van der Waals surface area contributed by atoms with Crippen LogP contribution in [0.2, 0.25) is 0 Å². The summed E-state index contributed by atoms with van der Waals surface area (Å²) < 4.78 is 11.5. The van der Waals surface area contributed by atoms with Crippen molar-refractivity contribution in [3.8, 4) is 23.0 Å². The van der Waals surface area contributed by atoms with Gasteiger partial charge in [0, 0.05) is 24.2 Å². The lowest BCUT2D eigenvalue weighted by Crippen LogP contribution is -2.14. The van der Waals surface area contributed by atoms with Crippen molar-refractivity contribution < 1.29 is 19.1 Å². The smallest absolute Gasteiger partial charge is 0.224 e. The minimum atomic E-state index is -0.142. The predicted octanol–water partition coefficient (Wildman–Crippen LogP) is 7.02. The normalized spacial score (nSPS) is 10.3. The number of para-hydroxylation sites is 2. The van der Waals surface area contributed by atoms with Gasteiger partial charge < -0.3 is 20.1 Å². The molecule has 0 aliphatic rings. The van der Waals surface area contributed by atoms with Crippen molar-refractivity contribution in [2.24, 2.45) is 0 Å². The van der Waals surface area contributed by atoms with Crippen LogP contribution in [-0.4, -0.2) is 11.8 Å². The molecule has 4 aromatic rings. The van der Waals surface area contributed by atoms with Crippen LogP contribution < -0.4 is 20.1 Å². The molecule has 0 aliphatic heterocycles. The van der Waals surface area contributed by atoms with E-state index in [1.165, 1.54) is 0 Å². The highest BCUT2D eigenvalue weighted by Gasteiger charge is 2.07. The molecule has 0 saturated heterocycles. The van der Waals surface area contributed by atoms with Gasteiger partial charge in [-0.3, -0.25) is 9.59 Å². The molecule has 0 radical (unpaired) electrons. The van der Waals surface area contributed by atoms with Crippen molar-refractivity contribution in [1.82, 2.24) is 0 Å². The van der Waals surface area contributed by atoms with E-state index < -0.39 is 0 Å². The number of nitrogens with one attached hydrogen (secondary N) is 2. The Hall–Kier alpha value is -4.58. The van der Waals surface area contributed by atoms with E-state index >= 15 is 0 Å². The lowest BCUT2D eigenvalue weighted by molar-refractivity contribution is -0.117. The molecule has 2 N–H and O–H groups in total. The molecule has 176 valence electrons. The average molecular weight is 467 g/mol. The minimum Gasteiger partial charge on any atom is -0.457 e. The van der Waals surface area contributed by atoms with Crippen molar-refractivity contribution in [3.05, 3.63) is 109 Å². The molecule has 0 bridgehead atoms. The summed E-state index contributed by atoms with van der Waals surface area (Å²) in [7, 11) is 0. The molecule has 2 amide bonds.